The fourth-order valence-corrected chi connectivity index (χ4v) is 2.09. The number of nitrogens with zero attached hydrogens (tertiary/aromatic N) is 2. The van der Waals surface area contributed by atoms with Crippen molar-refractivity contribution in [3.05, 3.63) is 52.2 Å². The summed E-state index contributed by atoms with van der Waals surface area (Å²) in [4.78, 5) is 25.9. The molecule has 1 aromatic carbocycles. The molecule has 3 N–H and O–H groups in total. The molecule has 0 aliphatic rings. The topological polar surface area (TPSA) is 86.5 Å². The van der Waals surface area contributed by atoms with E-state index in [1.54, 1.807) is 6.92 Å². The van der Waals surface area contributed by atoms with E-state index in [1.807, 2.05) is 24.3 Å². The number of para-hydroxylation sites is 2. The summed E-state index contributed by atoms with van der Waals surface area (Å²) in [7, 11) is 0. The quantitative estimate of drug-likeness (QED) is 0.671. The zero-order chi connectivity index (χ0) is 13.9. The number of hydrogen-bond donors (Lipinski definition) is 3. The normalized spacial score (nSPS) is 10.8. The van der Waals surface area contributed by atoms with Gasteiger partial charge in [0.2, 0.25) is 5.95 Å². The maximum atomic E-state index is 11.3. The van der Waals surface area contributed by atoms with E-state index in [9.17, 15) is 4.79 Å². The second kappa shape index (κ2) is 5.16. The molecule has 0 saturated heterocycles. The molecule has 0 atom stereocenters. The van der Waals surface area contributed by atoms with Gasteiger partial charge in [-0.1, -0.05) is 12.1 Å². The molecule has 0 saturated carbocycles. The first-order chi connectivity index (χ1) is 9.70. The number of fused-ring (bicyclic) bond motifs is 1. The number of aromatic nitrogens is 4. The Bertz CT molecular complexity index is 756. The van der Waals surface area contributed by atoms with E-state index in [4.69, 9.17) is 0 Å². The Labute approximate surface area is 115 Å². The van der Waals surface area contributed by atoms with Gasteiger partial charge in [-0.25, -0.2) is 9.97 Å². The van der Waals surface area contributed by atoms with E-state index in [0.717, 1.165) is 23.3 Å². The molecular weight excluding hydrogens is 254 g/mol. The molecule has 3 aromatic rings. The van der Waals surface area contributed by atoms with Crippen LogP contribution in [0, 0.1) is 6.92 Å². The number of rotatable bonds is 4. The lowest BCUT2D eigenvalue weighted by atomic mass is 10.3. The van der Waals surface area contributed by atoms with Gasteiger partial charge in [-0.2, -0.15) is 0 Å². The number of hydrogen-bond acceptors (Lipinski definition) is 4. The van der Waals surface area contributed by atoms with Crippen molar-refractivity contribution in [3.63, 3.8) is 0 Å². The molecule has 2 aromatic heterocycles. The summed E-state index contributed by atoms with van der Waals surface area (Å²) in [6.07, 6.45) is 0.729. The smallest absolute Gasteiger partial charge is 0.252 e. The standard InChI is InChI=1S/C14H15N5O/c1-9-8-13(20)19-14(16-9)15-7-6-12-17-10-4-2-3-5-11(10)18-12/h2-5,8H,6-7H2,1H3,(H,17,18)(H2,15,16,19,20). The van der Waals surface area contributed by atoms with Gasteiger partial charge in [-0.15, -0.1) is 0 Å². The van der Waals surface area contributed by atoms with Crippen molar-refractivity contribution in [2.45, 2.75) is 13.3 Å². The van der Waals surface area contributed by atoms with Crippen LogP contribution in [0.25, 0.3) is 11.0 Å². The fraction of sp³-hybridized carbons (Fsp3) is 0.214. The van der Waals surface area contributed by atoms with Crippen LogP contribution < -0.4 is 10.9 Å². The number of imidazole rings is 1. The summed E-state index contributed by atoms with van der Waals surface area (Å²) in [6.45, 7) is 2.44. The lowest BCUT2D eigenvalue weighted by Crippen LogP contribution is -2.15. The van der Waals surface area contributed by atoms with E-state index in [0.29, 0.717) is 18.2 Å². The Kier molecular flexibility index (Phi) is 3.20. The second-order valence-electron chi connectivity index (χ2n) is 4.61. The molecule has 0 amide bonds. The van der Waals surface area contributed by atoms with Gasteiger partial charge in [0.05, 0.1) is 11.0 Å². The van der Waals surface area contributed by atoms with Crippen molar-refractivity contribution >= 4 is 17.0 Å². The van der Waals surface area contributed by atoms with E-state index < -0.39 is 0 Å². The Morgan fingerprint density at radius 3 is 2.85 bits per heavy atom. The molecule has 6 heteroatoms. The van der Waals surface area contributed by atoms with Gasteiger partial charge in [0.25, 0.3) is 5.56 Å². The molecule has 20 heavy (non-hydrogen) atoms. The van der Waals surface area contributed by atoms with Crippen LogP contribution in [0.4, 0.5) is 5.95 Å². The van der Waals surface area contributed by atoms with Crippen LogP contribution >= 0.6 is 0 Å². The maximum absolute atomic E-state index is 11.3. The molecule has 102 valence electrons. The summed E-state index contributed by atoms with van der Waals surface area (Å²) in [6, 6.07) is 9.38. The van der Waals surface area contributed by atoms with Crippen molar-refractivity contribution in [1.29, 1.82) is 0 Å². The molecule has 0 aliphatic heterocycles. The van der Waals surface area contributed by atoms with Gasteiger partial charge in [0, 0.05) is 24.7 Å². The van der Waals surface area contributed by atoms with Crippen molar-refractivity contribution < 1.29 is 0 Å². The molecule has 2 heterocycles. The summed E-state index contributed by atoms with van der Waals surface area (Å²) >= 11 is 0. The SMILES string of the molecule is Cc1cc(=O)[nH]c(NCCc2nc3ccccc3[nH]2)n1. The van der Waals surface area contributed by atoms with Crippen molar-refractivity contribution in [2.24, 2.45) is 0 Å². The van der Waals surface area contributed by atoms with Crippen LogP contribution in [-0.4, -0.2) is 26.5 Å². The lowest BCUT2D eigenvalue weighted by molar-refractivity contribution is 0.911. The molecular formula is C14H15N5O. The minimum Gasteiger partial charge on any atom is -0.355 e. The van der Waals surface area contributed by atoms with Crippen LogP contribution in [0.3, 0.4) is 0 Å². The van der Waals surface area contributed by atoms with Crippen LogP contribution in [0.1, 0.15) is 11.5 Å². The molecule has 0 unspecified atom stereocenters. The second-order valence-corrected chi connectivity index (χ2v) is 4.61. The van der Waals surface area contributed by atoms with Gasteiger partial charge in [0.15, 0.2) is 0 Å². The van der Waals surface area contributed by atoms with Crippen LogP contribution in [0.5, 0.6) is 0 Å². The fourth-order valence-electron chi connectivity index (χ4n) is 2.09. The average Bonchev–Trinajstić information content (AvgIpc) is 2.80. The largest absolute Gasteiger partial charge is 0.355 e. The number of nitrogens with one attached hydrogen (secondary N) is 3. The Morgan fingerprint density at radius 1 is 1.20 bits per heavy atom. The third-order valence-corrected chi connectivity index (χ3v) is 2.96. The molecule has 6 nitrogen and oxygen atoms in total. The summed E-state index contributed by atoms with van der Waals surface area (Å²) in [5.41, 5.74) is 2.54. The van der Waals surface area contributed by atoms with Crippen LogP contribution in [0.2, 0.25) is 0 Å². The highest BCUT2D eigenvalue weighted by Gasteiger charge is 2.02. The number of aromatic amines is 2. The predicted molar refractivity (Wildman–Crippen MR) is 77.9 cm³/mol. The van der Waals surface area contributed by atoms with Crippen molar-refractivity contribution in [3.8, 4) is 0 Å². The number of aryl methyl sites for hydroxylation is 1. The molecule has 0 radical (unpaired) electrons. The zero-order valence-corrected chi connectivity index (χ0v) is 11.1. The summed E-state index contributed by atoms with van der Waals surface area (Å²) < 4.78 is 0. The Hall–Kier alpha value is -2.63. The lowest BCUT2D eigenvalue weighted by Gasteiger charge is -2.04. The minimum atomic E-state index is -0.149. The first kappa shape index (κ1) is 12.4. The summed E-state index contributed by atoms with van der Waals surface area (Å²) in [5, 5.41) is 3.09. The molecule has 0 fully saturated rings. The highest BCUT2D eigenvalue weighted by Crippen LogP contribution is 2.10. The van der Waals surface area contributed by atoms with Gasteiger partial charge < -0.3 is 10.3 Å². The monoisotopic (exact) mass is 269 g/mol. The molecule has 0 bridgehead atoms. The average molecular weight is 269 g/mol. The van der Waals surface area contributed by atoms with Gasteiger partial charge in [-0.3, -0.25) is 9.78 Å². The van der Waals surface area contributed by atoms with Crippen LogP contribution in [-0.2, 0) is 6.42 Å². The molecule has 3 rings (SSSR count). The molecule has 0 spiro atoms. The first-order valence-corrected chi connectivity index (χ1v) is 6.46. The Morgan fingerprint density at radius 2 is 2.05 bits per heavy atom. The van der Waals surface area contributed by atoms with Crippen molar-refractivity contribution in [1.82, 2.24) is 19.9 Å². The highest BCUT2D eigenvalue weighted by atomic mass is 16.1. The van der Waals surface area contributed by atoms with E-state index in [2.05, 4.69) is 25.3 Å². The zero-order valence-electron chi connectivity index (χ0n) is 11.1. The van der Waals surface area contributed by atoms with Gasteiger partial charge in [0.1, 0.15) is 5.82 Å². The van der Waals surface area contributed by atoms with E-state index in [1.165, 1.54) is 6.07 Å². The first-order valence-electron chi connectivity index (χ1n) is 6.46. The third-order valence-electron chi connectivity index (χ3n) is 2.96. The van der Waals surface area contributed by atoms with Gasteiger partial charge >= 0.3 is 0 Å². The van der Waals surface area contributed by atoms with E-state index in [-0.39, 0.29) is 5.56 Å². The minimum absolute atomic E-state index is 0.149. The van der Waals surface area contributed by atoms with Crippen LogP contribution in [0.15, 0.2) is 35.1 Å². The predicted octanol–water partition coefficient (Wildman–Crippen LogP) is 1.61. The number of anilines is 1. The third kappa shape index (κ3) is 2.69. The number of H-pyrrole nitrogens is 2. The van der Waals surface area contributed by atoms with E-state index >= 15 is 0 Å². The molecule has 0 aliphatic carbocycles. The highest BCUT2D eigenvalue weighted by molar-refractivity contribution is 5.74. The number of benzene rings is 1. The van der Waals surface area contributed by atoms with Gasteiger partial charge in [-0.05, 0) is 19.1 Å². The maximum Gasteiger partial charge on any atom is 0.252 e. The van der Waals surface area contributed by atoms with Crippen molar-refractivity contribution in [2.75, 3.05) is 11.9 Å². The Balaban J connectivity index is 1.66. The summed E-state index contributed by atoms with van der Waals surface area (Å²) in [5.74, 6) is 1.40.